The van der Waals surface area contributed by atoms with Crippen molar-refractivity contribution in [2.45, 2.75) is 19.9 Å². The predicted molar refractivity (Wildman–Crippen MR) is 105 cm³/mol. The molecule has 0 bridgehead atoms. The summed E-state index contributed by atoms with van der Waals surface area (Å²) in [5.74, 6) is -0.128. The molecule has 0 spiro atoms. The lowest BCUT2D eigenvalue weighted by Gasteiger charge is -2.11. The normalized spacial score (nSPS) is 10.5. The second kappa shape index (κ2) is 8.02. The van der Waals surface area contributed by atoms with Gasteiger partial charge in [0.15, 0.2) is 0 Å². The van der Waals surface area contributed by atoms with Crippen LogP contribution in [0.3, 0.4) is 0 Å². The molecule has 132 valence electrons. The van der Waals surface area contributed by atoms with Crippen molar-refractivity contribution in [3.05, 3.63) is 98.9 Å². The Kier molecular flexibility index (Phi) is 5.54. The summed E-state index contributed by atoms with van der Waals surface area (Å²) in [5.41, 5.74) is 3.37. The van der Waals surface area contributed by atoms with Crippen LogP contribution in [0.2, 0.25) is 5.02 Å². The number of benzene rings is 2. The first-order chi connectivity index (χ1) is 12.5. The monoisotopic (exact) mass is 366 g/mol. The molecule has 1 aromatic heterocycles. The molecule has 0 aliphatic carbocycles. The Morgan fingerprint density at radius 1 is 1.04 bits per heavy atom. The zero-order valence-corrected chi connectivity index (χ0v) is 15.2. The van der Waals surface area contributed by atoms with Gasteiger partial charge in [0, 0.05) is 17.3 Å². The van der Waals surface area contributed by atoms with Gasteiger partial charge in [-0.3, -0.25) is 9.59 Å². The smallest absolute Gasteiger partial charge is 0.250 e. The van der Waals surface area contributed by atoms with Gasteiger partial charge in [0.05, 0.1) is 18.7 Å². The van der Waals surface area contributed by atoms with E-state index in [0.717, 1.165) is 16.7 Å². The third kappa shape index (κ3) is 4.61. The van der Waals surface area contributed by atoms with Crippen LogP contribution in [0, 0.1) is 6.92 Å². The van der Waals surface area contributed by atoms with Gasteiger partial charge in [-0.2, -0.15) is 0 Å². The van der Waals surface area contributed by atoms with Crippen molar-refractivity contribution in [3.8, 4) is 0 Å². The van der Waals surface area contributed by atoms with E-state index in [1.165, 1.54) is 10.6 Å². The summed E-state index contributed by atoms with van der Waals surface area (Å²) in [4.78, 5) is 24.4. The Bertz CT molecular complexity index is 978. The van der Waals surface area contributed by atoms with E-state index in [-0.39, 0.29) is 17.9 Å². The fourth-order valence-electron chi connectivity index (χ4n) is 2.64. The number of amides is 1. The molecule has 1 heterocycles. The summed E-state index contributed by atoms with van der Waals surface area (Å²) in [6.45, 7) is 2.35. The van der Waals surface area contributed by atoms with Crippen LogP contribution in [0.5, 0.6) is 0 Å². The molecule has 1 N–H and O–H groups in total. The molecular weight excluding hydrogens is 348 g/mol. The van der Waals surface area contributed by atoms with E-state index in [0.29, 0.717) is 17.3 Å². The second-order valence-corrected chi connectivity index (χ2v) is 6.59. The lowest BCUT2D eigenvalue weighted by Crippen LogP contribution is -2.21. The second-order valence-electron chi connectivity index (χ2n) is 6.19. The average molecular weight is 367 g/mol. The van der Waals surface area contributed by atoms with Crippen LogP contribution < -0.4 is 10.9 Å². The molecule has 0 atom stereocenters. The third-order valence-corrected chi connectivity index (χ3v) is 4.42. The molecule has 3 rings (SSSR count). The number of nitrogens with zero attached hydrogens (tertiary/aromatic N) is 1. The van der Waals surface area contributed by atoms with Crippen molar-refractivity contribution in [2.75, 3.05) is 5.32 Å². The fourth-order valence-corrected chi connectivity index (χ4v) is 2.83. The molecule has 0 saturated heterocycles. The van der Waals surface area contributed by atoms with Gasteiger partial charge in [0.2, 0.25) is 5.91 Å². The number of carbonyl (C=O) groups excluding carboxylic acids is 1. The number of anilines is 1. The van der Waals surface area contributed by atoms with Crippen molar-refractivity contribution < 1.29 is 4.79 Å². The van der Waals surface area contributed by atoms with Crippen LogP contribution in [0.15, 0.2) is 71.7 Å². The highest BCUT2D eigenvalue weighted by molar-refractivity contribution is 6.31. The van der Waals surface area contributed by atoms with Crippen molar-refractivity contribution in [1.29, 1.82) is 0 Å². The van der Waals surface area contributed by atoms with E-state index in [2.05, 4.69) is 5.32 Å². The summed E-state index contributed by atoms with van der Waals surface area (Å²) >= 11 is 6.17. The standard InChI is InChI=1S/C21H19ClN2O2/c1-15-6-8-16(9-7-15)12-20(25)23-18-10-11-21(26)24(14-18)13-17-4-2-3-5-19(17)22/h2-11,14H,12-13H2,1H3,(H,23,25). The van der Waals surface area contributed by atoms with Crippen LogP contribution in [-0.2, 0) is 17.8 Å². The fraction of sp³-hybridized carbons (Fsp3) is 0.143. The number of hydrogen-bond donors (Lipinski definition) is 1. The van der Waals surface area contributed by atoms with Crippen molar-refractivity contribution in [3.63, 3.8) is 0 Å². The minimum absolute atomic E-state index is 0.128. The first-order valence-corrected chi connectivity index (χ1v) is 8.68. The number of halogens is 1. The van der Waals surface area contributed by atoms with Crippen LogP contribution in [0.4, 0.5) is 5.69 Å². The summed E-state index contributed by atoms with van der Waals surface area (Å²) in [5, 5.41) is 3.45. The highest BCUT2D eigenvalue weighted by atomic mass is 35.5. The molecule has 1 amide bonds. The highest BCUT2D eigenvalue weighted by Crippen LogP contribution is 2.16. The number of pyridine rings is 1. The SMILES string of the molecule is Cc1ccc(CC(=O)Nc2ccc(=O)n(Cc3ccccc3Cl)c2)cc1. The summed E-state index contributed by atoms with van der Waals surface area (Å²) in [6.07, 6.45) is 1.92. The molecule has 0 radical (unpaired) electrons. The molecule has 0 fully saturated rings. The number of aromatic nitrogens is 1. The largest absolute Gasteiger partial charge is 0.324 e. The highest BCUT2D eigenvalue weighted by Gasteiger charge is 2.07. The summed E-state index contributed by atoms with van der Waals surface area (Å²) < 4.78 is 1.53. The van der Waals surface area contributed by atoms with Gasteiger partial charge in [-0.1, -0.05) is 59.6 Å². The van der Waals surface area contributed by atoms with E-state index in [4.69, 9.17) is 11.6 Å². The molecule has 0 aliphatic rings. The molecule has 0 aliphatic heterocycles. The zero-order chi connectivity index (χ0) is 18.5. The Balaban J connectivity index is 1.72. The van der Waals surface area contributed by atoms with Gasteiger partial charge in [0.1, 0.15) is 0 Å². The van der Waals surface area contributed by atoms with Crippen molar-refractivity contribution in [2.24, 2.45) is 0 Å². The van der Waals surface area contributed by atoms with Gasteiger partial charge in [0.25, 0.3) is 5.56 Å². The first kappa shape index (κ1) is 18.0. The van der Waals surface area contributed by atoms with E-state index < -0.39 is 0 Å². The van der Waals surface area contributed by atoms with Crippen molar-refractivity contribution >= 4 is 23.2 Å². The minimum atomic E-state index is -0.151. The predicted octanol–water partition coefficient (Wildman–Crippen LogP) is 4.04. The van der Waals surface area contributed by atoms with Crippen molar-refractivity contribution in [1.82, 2.24) is 4.57 Å². The zero-order valence-electron chi connectivity index (χ0n) is 14.4. The third-order valence-electron chi connectivity index (χ3n) is 4.05. The number of hydrogen-bond acceptors (Lipinski definition) is 2. The molecular formula is C21H19ClN2O2. The maximum absolute atomic E-state index is 12.3. The Morgan fingerprint density at radius 3 is 2.50 bits per heavy atom. The van der Waals surface area contributed by atoms with E-state index in [1.54, 1.807) is 18.3 Å². The van der Waals surface area contributed by atoms with E-state index >= 15 is 0 Å². The van der Waals surface area contributed by atoms with Crippen LogP contribution in [0.25, 0.3) is 0 Å². The van der Waals surface area contributed by atoms with Gasteiger partial charge >= 0.3 is 0 Å². The molecule has 5 heteroatoms. The molecule has 26 heavy (non-hydrogen) atoms. The van der Waals surface area contributed by atoms with Gasteiger partial charge < -0.3 is 9.88 Å². The number of nitrogens with one attached hydrogen (secondary N) is 1. The lowest BCUT2D eigenvalue weighted by atomic mass is 10.1. The van der Waals surface area contributed by atoms with Crippen LogP contribution in [0.1, 0.15) is 16.7 Å². The first-order valence-electron chi connectivity index (χ1n) is 8.30. The maximum atomic E-state index is 12.3. The molecule has 3 aromatic rings. The molecule has 0 saturated carbocycles. The van der Waals surface area contributed by atoms with Gasteiger partial charge in [-0.15, -0.1) is 0 Å². The molecule has 2 aromatic carbocycles. The summed E-state index contributed by atoms with van der Waals surface area (Å²) in [6, 6.07) is 18.3. The number of aryl methyl sites for hydroxylation is 1. The van der Waals surface area contributed by atoms with Gasteiger partial charge in [-0.25, -0.2) is 0 Å². The average Bonchev–Trinajstić information content (AvgIpc) is 2.62. The van der Waals surface area contributed by atoms with Crippen LogP contribution >= 0.6 is 11.6 Å². The Morgan fingerprint density at radius 2 is 1.77 bits per heavy atom. The van der Waals surface area contributed by atoms with Crippen LogP contribution in [-0.4, -0.2) is 10.5 Å². The Labute approximate surface area is 157 Å². The maximum Gasteiger partial charge on any atom is 0.250 e. The van der Waals surface area contributed by atoms with E-state index in [1.807, 2.05) is 49.4 Å². The number of rotatable bonds is 5. The van der Waals surface area contributed by atoms with E-state index in [9.17, 15) is 9.59 Å². The van der Waals surface area contributed by atoms with Gasteiger partial charge in [-0.05, 0) is 30.2 Å². The summed E-state index contributed by atoms with van der Waals surface area (Å²) in [7, 11) is 0. The topological polar surface area (TPSA) is 51.1 Å². The number of carbonyl (C=O) groups is 1. The Hall–Kier alpha value is -2.85. The molecule has 0 unspecified atom stereocenters. The molecule has 4 nitrogen and oxygen atoms in total. The minimum Gasteiger partial charge on any atom is -0.324 e. The lowest BCUT2D eigenvalue weighted by molar-refractivity contribution is -0.115. The quantitative estimate of drug-likeness (QED) is 0.740.